The molecule has 0 aromatic carbocycles. The molecule has 0 unspecified atom stereocenters. The number of nitrogens with two attached hydrogens (primary N) is 1. The van der Waals surface area contributed by atoms with Crippen molar-refractivity contribution in [3.8, 4) is 0 Å². The van der Waals surface area contributed by atoms with Crippen LogP contribution in [0, 0.1) is 5.92 Å². The van der Waals surface area contributed by atoms with E-state index in [2.05, 4.69) is 21.2 Å². The maximum absolute atomic E-state index is 5.59. The van der Waals surface area contributed by atoms with E-state index in [9.17, 15) is 0 Å². The van der Waals surface area contributed by atoms with Crippen LogP contribution < -0.4 is 10.6 Å². The third-order valence-electron chi connectivity index (χ3n) is 3.23. The van der Waals surface area contributed by atoms with E-state index in [0.717, 1.165) is 42.9 Å². The summed E-state index contributed by atoms with van der Waals surface area (Å²) in [7, 11) is 0. The van der Waals surface area contributed by atoms with Crippen molar-refractivity contribution in [3.05, 3.63) is 5.82 Å². The molecule has 1 aromatic heterocycles. The third-order valence-corrected chi connectivity index (χ3v) is 4.05. The van der Waals surface area contributed by atoms with E-state index in [0.29, 0.717) is 0 Å². The van der Waals surface area contributed by atoms with Gasteiger partial charge in [-0.15, -0.1) is 0 Å². The number of aromatic nitrogens is 2. The molecule has 1 saturated heterocycles. The lowest BCUT2D eigenvalue weighted by molar-refractivity contribution is 0.386. The monoisotopic (exact) mass is 240 g/mol. The van der Waals surface area contributed by atoms with Crippen LogP contribution in [0.4, 0.5) is 5.13 Å². The van der Waals surface area contributed by atoms with Gasteiger partial charge in [-0.3, -0.25) is 0 Å². The van der Waals surface area contributed by atoms with Gasteiger partial charge >= 0.3 is 0 Å². The fourth-order valence-corrected chi connectivity index (χ4v) is 2.97. The average Bonchev–Trinajstić information content (AvgIpc) is 2.79. The Kier molecular flexibility index (Phi) is 4.12. The van der Waals surface area contributed by atoms with Gasteiger partial charge in [0.1, 0.15) is 5.82 Å². The molecule has 5 heteroatoms. The minimum atomic E-state index is 0.819. The summed E-state index contributed by atoms with van der Waals surface area (Å²) in [6, 6.07) is 0. The number of anilines is 1. The zero-order chi connectivity index (χ0) is 11.4. The Morgan fingerprint density at radius 1 is 1.44 bits per heavy atom. The number of nitrogens with zero attached hydrogens (tertiary/aromatic N) is 3. The van der Waals surface area contributed by atoms with Crippen LogP contribution in [-0.4, -0.2) is 29.0 Å². The molecule has 0 aliphatic carbocycles. The molecule has 0 radical (unpaired) electrons. The highest BCUT2D eigenvalue weighted by molar-refractivity contribution is 7.09. The highest BCUT2D eigenvalue weighted by Crippen LogP contribution is 2.25. The van der Waals surface area contributed by atoms with Gasteiger partial charge in [0.2, 0.25) is 5.13 Å². The molecule has 4 nitrogen and oxygen atoms in total. The average molecular weight is 240 g/mol. The van der Waals surface area contributed by atoms with Gasteiger partial charge in [0.05, 0.1) is 0 Å². The minimum absolute atomic E-state index is 0.819. The predicted octanol–water partition coefficient (Wildman–Crippen LogP) is 1.67. The fraction of sp³-hybridized carbons (Fsp3) is 0.818. The molecule has 1 fully saturated rings. The third kappa shape index (κ3) is 2.71. The molecule has 2 N–H and O–H groups in total. The Morgan fingerprint density at radius 3 is 2.75 bits per heavy atom. The molecule has 2 rings (SSSR count). The van der Waals surface area contributed by atoms with E-state index < -0.39 is 0 Å². The van der Waals surface area contributed by atoms with Crippen molar-refractivity contribution >= 4 is 16.7 Å². The summed E-state index contributed by atoms with van der Waals surface area (Å²) in [5.41, 5.74) is 5.59. The molecular weight excluding hydrogens is 220 g/mol. The zero-order valence-electron chi connectivity index (χ0n) is 9.85. The van der Waals surface area contributed by atoms with E-state index >= 15 is 0 Å². The number of hydrogen-bond acceptors (Lipinski definition) is 5. The quantitative estimate of drug-likeness (QED) is 0.869. The second kappa shape index (κ2) is 5.59. The molecule has 1 aliphatic rings. The van der Waals surface area contributed by atoms with Crippen molar-refractivity contribution in [2.75, 3.05) is 24.5 Å². The lowest BCUT2D eigenvalue weighted by atomic mass is 9.94. The van der Waals surface area contributed by atoms with E-state index in [1.807, 2.05) is 0 Å². The van der Waals surface area contributed by atoms with Crippen molar-refractivity contribution in [1.82, 2.24) is 9.36 Å². The SMILES string of the molecule is CCc1nsc(N2CCC(CCN)CC2)n1. The molecule has 2 heterocycles. The van der Waals surface area contributed by atoms with Gasteiger partial charge in [0.25, 0.3) is 0 Å². The Labute approximate surface area is 101 Å². The maximum Gasteiger partial charge on any atom is 0.205 e. The van der Waals surface area contributed by atoms with Crippen LogP contribution in [-0.2, 0) is 6.42 Å². The van der Waals surface area contributed by atoms with E-state index in [1.165, 1.54) is 30.8 Å². The van der Waals surface area contributed by atoms with Crippen LogP contribution in [0.1, 0.15) is 32.0 Å². The molecule has 0 bridgehead atoms. The van der Waals surface area contributed by atoms with Crippen LogP contribution >= 0.6 is 11.5 Å². The molecule has 1 aliphatic heterocycles. The van der Waals surface area contributed by atoms with Crippen molar-refractivity contribution in [3.63, 3.8) is 0 Å². The van der Waals surface area contributed by atoms with Crippen LogP contribution in [0.25, 0.3) is 0 Å². The van der Waals surface area contributed by atoms with Gasteiger partial charge in [-0.1, -0.05) is 6.92 Å². The van der Waals surface area contributed by atoms with Crippen molar-refractivity contribution in [2.24, 2.45) is 11.7 Å². The lowest BCUT2D eigenvalue weighted by Crippen LogP contribution is -2.34. The number of rotatable bonds is 4. The smallest absolute Gasteiger partial charge is 0.205 e. The molecule has 0 saturated carbocycles. The second-order valence-corrected chi connectivity index (χ2v) is 5.08. The normalized spacial score (nSPS) is 18.0. The lowest BCUT2D eigenvalue weighted by Gasteiger charge is -2.31. The summed E-state index contributed by atoms with van der Waals surface area (Å²) in [6.07, 6.45) is 4.60. The van der Waals surface area contributed by atoms with Crippen molar-refractivity contribution in [1.29, 1.82) is 0 Å². The largest absolute Gasteiger partial charge is 0.347 e. The summed E-state index contributed by atoms with van der Waals surface area (Å²) in [5.74, 6) is 1.80. The Bertz CT molecular complexity index is 318. The van der Waals surface area contributed by atoms with Crippen LogP contribution in [0.2, 0.25) is 0 Å². The summed E-state index contributed by atoms with van der Waals surface area (Å²) >= 11 is 1.54. The van der Waals surface area contributed by atoms with Gasteiger partial charge in [0, 0.05) is 31.0 Å². The molecule has 0 spiro atoms. The maximum atomic E-state index is 5.59. The molecular formula is C11H20N4S. The van der Waals surface area contributed by atoms with Crippen LogP contribution in [0.3, 0.4) is 0 Å². The number of hydrogen-bond donors (Lipinski definition) is 1. The van der Waals surface area contributed by atoms with Crippen molar-refractivity contribution < 1.29 is 0 Å². The topological polar surface area (TPSA) is 55.0 Å². The standard InChI is InChI=1S/C11H20N4S/c1-2-10-13-11(16-14-10)15-7-4-9(3-6-12)5-8-15/h9H,2-8,12H2,1H3. The number of piperidine rings is 1. The zero-order valence-corrected chi connectivity index (χ0v) is 10.7. The van der Waals surface area contributed by atoms with Gasteiger partial charge in [-0.2, -0.15) is 4.37 Å². The Balaban J connectivity index is 1.88. The highest BCUT2D eigenvalue weighted by Gasteiger charge is 2.20. The summed E-state index contributed by atoms with van der Waals surface area (Å²) in [5, 5.41) is 1.10. The molecule has 1 aromatic rings. The van der Waals surface area contributed by atoms with E-state index in [4.69, 9.17) is 5.73 Å². The van der Waals surface area contributed by atoms with Gasteiger partial charge in [-0.05, 0) is 31.7 Å². The first-order valence-corrected chi connectivity index (χ1v) is 6.88. The van der Waals surface area contributed by atoms with Crippen molar-refractivity contribution in [2.45, 2.75) is 32.6 Å². The summed E-state index contributed by atoms with van der Waals surface area (Å²) in [4.78, 5) is 6.90. The Hall–Kier alpha value is -0.680. The Morgan fingerprint density at radius 2 is 2.19 bits per heavy atom. The van der Waals surface area contributed by atoms with Gasteiger partial charge in [0.15, 0.2) is 0 Å². The molecule has 0 atom stereocenters. The summed E-state index contributed by atoms with van der Waals surface area (Å²) < 4.78 is 4.33. The second-order valence-electron chi connectivity index (χ2n) is 4.35. The van der Waals surface area contributed by atoms with Gasteiger partial charge in [-0.25, -0.2) is 4.98 Å². The highest BCUT2D eigenvalue weighted by atomic mass is 32.1. The minimum Gasteiger partial charge on any atom is -0.347 e. The predicted molar refractivity (Wildman–Crippen MR) is 67.9 cm³/mol. The van der Waals surface area contributed by atoms with E-state index in [1.54, 1.807) is 0 Å². The fourth-order valence-electron chi connectivity index (χ4n) is 2.17. The van der Waals surface area contributed by atoms with Gasteiger partial charge < -0.3 is 10.6 Å². The first kappa shape index (κ1) is 11.8. The first-order chi connectivity index (χ1) is 7.83. The van der Waals surface area contributed by atoms with Crippen LogP contribution in [0.15, 0.2) is 0 Å². The first-order valence-electron chi connectivity index (χ1n) is 6.11. The molecule has 16 heavy (non-hydrogen) atoms. The molecule has 0 amide bonds. The van der Waals surface area contributed by atoms with Crippen LogP contribution in [0.5, 0.6) is 0 Å². The number of aryl methyl sites for hydroxylation is 1. The molecule has 90 valence electrons. The van der Waals surface area contributed by atoms with E-state index in [-0.39, 0.29) is 0 Å². The summed E-state index contributed by atoms with van der Waals surface area (Å²) in [6.45, 7) is 5.15.